The number of aromatic nitrogens is 1. The lowest BCUT2D eigenvalue weighted by Crippen LogP contribution is -2.18. The molecule has 72 valence electrons. The highest BCUT2D eigenvalue weighted by Crippen LogP contribution is 2.25. The first kappa shape index (κ1) is 9.56. The van der Waals surface area contributed by atoms with Gasteiger partial charge < -0.3 is 10.5 Å². The molecule has 0 amide bonds. The van der Waals surface area contributed by atoms with E-state index >= 15 is 0 Å². The van der Waals surface area contributed by atoms with Crippen LogP contribution in [0.3, 0.4) is 0 Å². The minimum absolute atomic E-state index is 0.216. The summed E-state index contributed by atoms with van der Waals surface area (Å²) in [6.07, 6.45) is -4.36. The van der Waals surface area contributed by atoms with E-state index in [1.54, 1.807) is 0 Å². The van der Waals surface area contributed by atoms with Gasteiger partial charge in [-0.1, -0.05) is 0 Å². The summed E-state index contributed by atoms with van der Waals surface area (Å²) in [6, 6.07) is 0.640. The van der Waals surface area contributed by atoms with E-state index in [2.05, 4.69) is 9.72 Å². The number of hydrogen-bond donors (Lipinski definition) is 1. The smallest absolute Gasteiger partial charge is 0.401 e. The number of nitrogen functional groups attached to an aromatic ring is 1. The monoisotopic (exact) mass is 196 g/mol. The third-order valence-electron chi connectivity index (χ3n) is 1.07. The van der Waals surface area contributed by atoms with Crippen molar-refractivity contribution in [2.45, 2.75) is 6.36 Å². The van der Waals surface area contributed by atoms with Crippen LogP contribution in [0.4, 0.5) is 23.4 Å². The highest BCUT2D eigenvalue weighted by molar-refractivity contribution is 5.33. The Labute approximate surface area is 70.1 Å². The molecule has 0 bridgehead atoms. The second-order valence-corrected chi connectivity index (χ2v) is 2.09. The fourth-order valence-corrected chi connectivity index (χ4v) is 0.633. The van der Waals surface area contributed by atoms with Gasteiger partial charge in [-0.05, 0) is 0 Å². The second kappa shape index (κ2) is 3.08. The van der Waals surface area contributed by atoms with Crippen molar-refractivity contribution < 1.29 is 22.3 Å². The predicted molar refractivity (Wildman–Crippen MR) is 35.3 cm³/mol. The Morgan fingerprint density at radius 2 is 2.00 bits per heavy atom. The van der Waals surface area contributed by atoms with Gasteiger partial charge in [-0.3, -0.25) is 0 Å². The topological polar surface area (TPSA) is 48.1 Å². The Morgan fingerprint density at radius 1 is 1.38 bits per heavy atom. The van der Waals surface area contributed by atoms with Crippen LogP contribution >= 0.6 is 0 Å². The number of alkyl halides is 3. The number of hydrogen-bond acceptors (Lipinski definition) is 3. The first-order chi connectivity index (χ1) is 5.88. The normalized spacial score (nSPS) is 11.4. The summed E-state index contributed by atoms with van der Waals surface area (Å²) < 4.78 is 50.7. The second-order valence-electron chi connectivity index (χ2n) is 2.09. The van der Waals surface area contributed by atoms with E-state index in [4.69, 9.17) is 5.73 Å². The van der Waals surface area contributed by atoms with E-state index in [0.29, 0.717) is 12.3 Å². The van der Waals surface area contributed by atoms with Gasteiger partial charge in [-0.25, -0.2) is 9.37 Å². The molecule has 1 rings (SSSR count). The Kier molecular flexibility index (Phi) is 2.26. The number of nitrogens with two attached hydrogens (primary N) is 1. The molecule has 0 spiro atoms. The zero-order chi connectivity index (χ0) is 10.1. The molecule has 0 aliphatic carbocycles. The maximum Gasteiger partial charge on any atom is 0.573 e. The van der Waals surface area contributed by atoms with E-state index < -0.39 is 17.9 Å². The number of pyridine rings is 1. The number of nitrogens with zero attached hydrogens (tertiary/aromatic N) is 1. The van der Waals surface area contributed by atoms with Crippen LogP contribution in [-0.2, 0) is 0 Å². The van der Waals surface area contributed by atoms with Crippen LogP contribution in [0.5, 0.6) is 5.75 Å². The summed E-state index contributed by atoms with van der Waals surface area (Å²) in [5.74, 6) is -2.42. The number of ether oxygens (including phenoxy) is 1. The molecule has 0 saturated heterocycles. The molecule has 0 atom stereocenters. The van der Waals surface area contributed by atoms with Gasteiger partial charge in [0.15, 0.2) is 11.6 Å². The van der Waals surface area contributed by atoms with Crippen LogP contribution in [0, 0.1) is 5.82 Å². The Bertz CT molecular complexity index is 312. The van der Waals surface area contributed by atoms with Crippen LogP contribution in [0.15, 0.2) is 12.3 Å². The van der Waals surface area contributed by atoms with Crippen molar-refractivity contribution in [2.24, 2.45) is 0 Å². The predicted octanol–water partition coefficient (Wildman–Crippen LogP) is 1.70. The SMILES string of the molecule is Nc1cc(F)c(OC(F)(F)F)cn1. The van der Waals surface area contributed by atoms with Crippen LogP contribution in [-0.4, -0.2) is 11.3 Å². The molecule has 13 heavy (non-hydrogen) atoms. The highest BCUT2D eigenvalue weighted by Gasteiger charge is 2.32. The van der Waals surface area contributed by atoms with Crippen molar-refractivity contribution in [2.75, 3.05) is 5.73 Å². The lowest BCUT2D eigenvalue weighted by atomic mass is 10.4. The van der Waals surface area contributed by atoms with Crippen molar-refractivity contribution in [3.63, 3.8) is 0 Å². The highest BCUT2D eigenvalue weighted by atomic mass is 19.4. The van der Waals surface area contributed by atoms with Crippen molar-refractivity contribution in [1.29, 1.82) is 0 Å². The van der Waals surface area contributed by atoms with Crippen molar-refractivity contribution in [3.8, 4) is 5.75 Å². The molecule has 1 aromatic rings. The van der Waals surface area contributed by atoms with Crippen LogP contribution in [0.1, 0.15) is 0 Å². The lowest BCUT2D eigenvalue weighted by molar-refractivity contribution is -0.275. The third kappa shape index (κ3) is 2.77. The van der Waals surface area contributed by atoms with Crippen molar-refractivity contribution in [1.82, 2.24) is 4.98 Å². The minimum Gasteiger partial charge on any atom is -0.401 e. The van der Waals surface area contributed by atoms with Crippen LogP contribution in [0.25, 0.3) is 0 Å². The summed E-state index contributed by atoms with van der Waals surface area (Å²) in [4.78, 5) is 3.24. The Morgan fingerprint density at radius 3 is 2.46 bits per heavy atom. The molecule has 0 unspecified atom stereocenters. The first-order valence-corrected chi connectivity index (χ1v) is 3.05. The molecule has 3 nitrogen and oxygen atoms in total. The minimum atomic E-state index is -4.93. The zero-order valence-electron chi connectivity index (χ0n) is 6.10. The fraction of sp³-hybridized carbons (Fsp3) is 0.167. The van der Waals surface area contributed by atoms with Gasteiger partial charge in [0.1, 0.15) is 5.82 Å². The van der Waals surface area contributed by atoms with E-state index in [-0.39, 0.29) is 5.82 Å². The number of halogens is 4. The fourth-order valence-electron chi connectivity index (χ4n) is 0.633. The summed E-state index contributed by atoms with van der Waals surface area (Å²) in [7, 11) is 0. The molecule has 0 aliphatic rings. The average Bonchev–Trinajstić information content (AvgIpc) is 1.93. The molecule has 1 heterocycles. The van der Waals surface area contributed by atoms with Gasteiger partial charge in [0.05, 0.1) is 6.20 Å². The molecule has 0 radical (unpaired) electrons. The summed E-state index contributed by atoms with van der Waals surface area (Å²) in [5.41, 5.74) is 5.00. The molecular formula is C6H4F4N2O. The number of rotatable bonds is 1. The maximum absolute atomic E-state index is 12.6. The Hall–Kier alpha value is -1.53. The lowest BCUT2D eigenvalue weighted by Gasteiger charge is -2.08. The molecule has 0 aromatic carbocycles. The molecule has 0 fully saturated rings. The van der Waals surface area contributed by atoms with Gasteiger partial charge >= 0.3 is 6.36 Å². The molecule has 2 N–H and O–H groups in total. The van der Waals surface area contributed by atoms with Gasteiger partial charge in [0.25, 0.3) is 0 Å². The summed E-state index contributed by atoms with van der Waals surface area (Å²) in [6.45, 7) is 0. The quantitative estimate of drug-likeness (QED) is 0.695. The van der Waals surface area contributed by atoms with E-state index in [0.717, 1.165) is 0 Å². The van der Waals surface area contributed by atoms with Gasteiger partial charge in [0.2, 0.25) is 0 Å². The van der Waals surface area contributed by atoms with Crippen LogP contribution in [0.2, 0.25) is 0 Å². The Balaban J connectivity index is 2.90. The third-order valence-corrected chi connectivity index (χ3v) is 1.07. The molecule has 7 heteroatoms. The summed E-state index contributed by atoms with van der Waals surface area (Å²) in [5, 5.41) is 0. The van der Waals surface area contributed by atoms with Gasteiger partial charge in [-0.15, -0.1) is 13.2 Å². The number of anilines is 1. The summed E-state index contributed by atoms with van der Waals surface area (Å²) >= 11 is 0. The molecular weight excluding hydrogens is 192 g/mol. The standard InChI is InChI=1S/C6H4F4N2O/c7-3-1-5(11)12-2-4(3)13-6(8,9)10/h1-2H,(H2,11,12). The van der Waals surface area contributed by atoms with Gasteiger partial charge in [-0.2, -0.15) is 0 Å². The van der Waals surface area contributed by atoms with Gasteiger partial charge in [0, 0.05) is 6.07 Å². The van der Waals surface area contributed by atoms with E-state index in [9.17, 15) is 17.6 Å². The molecule has 1 aromatic heterocycles. The largest absolute Gasteiger partial charge is 0.573 e. The van der Waals surface area contributed by atoms with Crippen molar-refractivity contribution in [3.05, 3.63) is 18.1 Å². The maximum atomic E-state index is 12.6. The van der Waals surface area contributed by atoms with E-state index in [1.165, 1.54) is 0 Å². The van der Waals surface area contributed by atoms with Crippen molar-refractivity contribution >= 4 is 5.82 Å². The van der Waals surface area contributed by atoms with E-state index in [1.807, 2.05) is 0 Å². The molecule has 0 saturated carbocycles. The van der Waals surface area contributed by atoms with Crippen LogP contribution < -0.4 is 10.5 Å². The zero-order valence-corrected chi connectivity index (χ0v) is 6.10. The molecule has 0 aliphatic heterocycles. The first-order valence-electron chi connectivity index (χ1n) is 3.05. The average molecular weight is 196 g/mol.